The molecule has 0 N–H and O–H groups in total. The Hall–Kier alpha value is -1.55. The van der Waals surface area contributed by atoms with Gasteiger partial charge < -0.3 is 4.84 Å². The van der Waals surface area contributed by atoms with Gasteiger partial charge in [0.2, 0.25) is 0 Å². The predicted molar refractivity (Wildman–Crippen MR) is 114 cm³/mol. The smallest absolute Gasteiger partial charge is 0.145 e. The van der Waals surface area contributed by atoms with Gasteiger partial charge in [-0.2, -0.15) is 0 Å². The summed E-state index contributed by atoms with van der Waals surface area (Å²) >= 11 is 12.8. The summed E-state index contributed by atoms with van der Waals surface area (Å²) in [6.07, 6.45) is 5.37. The minimum atomic E-state index is -0.126. The van der Waals surface area contributed by atoms with Crippen molar-refractivity contribution in [2.45, 2.75) is 50.2 Å². The highest BCUT2D eigenvalue weighted by atomic mass is 35.5. The van der Waals surface area contributed by atoms with Crippen LogP contribution in [0, 0.1) is 0 Å². The first kappa shape index (κ1) is 18.5. The molecule has 0 bridgehead atoms. The summed E-state index contributed by atoms with van der Waals surface area (Å²) in [5.74, 6) is 0.607. The average molecular weight is 415 g/mol. The number of likely N-dealkylation sites (tertiary alicyclic amines) is 1. The number of oxime groups is 1. The highest BCUT2D eigenvalue weighted by molar-refractivity contribution is 6.42. The van der Waals surface area contributed by atoms with Crippen molar-refractivity contribution in [1.29, 1.82) is 0 Å². The molecule has 2 aliphatic heterocycles. The third kappa shape index (κ3) is 3.68. The number of hydrogen-bond acceptors (Lipinski definition) is 3. The molecule has 146 valence electrons. The van der Waals surface area contributed by atoms with Crippen molar-refractivity contribution in [3.8, 4) is 0 Å². The van der Waals surface area contributed by atoms with Gasteiger partial charge in [0, 0.05) is 38.9 Å². The number of hydrogen-bond donors (Lipinski definition) is 0. The molecule has 0 unspecified atom stereocenters. The summed E-state index contributed by atoms with van der Waals surface area (Å²) in [6.45, 7) is 2.94. The minimum absolute atomic E-state index is 0.126. The van der Waals surface area contributed by atoms with E-state index in [4.69, 9.17) is 28.0 Å². The van der Waals surface area contributed by atoms with Crippen LogP contribution in [-0.4, -0.2) is 29.3 Å². The lowest BCUT2D eigenvalue weighted by molar-refractivity contribution is -0.0627. The molecular weight excluding hydrogens is 391 g/mol. The van der Waals surface area contributed by atoms with Gasteiger partial charge in [0.05, 0.1) is 15.8 Å². The Kier molecular flexibility index (Phi) is 4.86. The monoisotopic (exact) mass is 414 g/mol. The second-order valence-electron chi connectivity index (χ2n) is 8.39. The molecule has 28 heavy (non-hydrogen) atoms. The van der Waals surface area contributed by atoms with Crippen LogP contribution >= 0.6 is 23.2 Å². The lowest BCUT2D eigenvalue weighted by Crippen LogP contribution is -2.44. The van der Waals surface area contributed by atoms with Crippen molar-refractivity contribution in [2.24, 2.45) is 5.16 Å². The summed E-state index contributed by atoms with van der Waals surface area (Å²) in [6, 6.07) is 14.7. The van der Waals surface area contributed by atoms with Gasteiger partial charge in [-0.05, 0) is 41.5 Å². The van der Waals surface area contributed by atoms with Crippen LogP contribution in [0.1, 0.15) is 54.7 Å². The normalized spacial score (nSPS) is 21.6. The Morgan fingerprint density at radius 3 is 2.54 bits per heavy atom. The third-order valence-corrected chi connectivity index (χ3v) is 7.07. The van der Waals surface area contributed by atoms with Gasteiger partial charge in [-0.1, -0.05) is 64.8 Å². The highest BCUT2D eigenvalue weighted by Crippen LogP contribution is 2.45. The molecule has 5 heteroatoms. The zero-order valence-corrected chi connectivity index (χ0v) is 17.3. The summed E-state index contributed by atoms with van der Waals surface area (Å²) < 4.78 is 0. The van der Waals surface area contributed by atoms with E-state index in [1.165, 1.54) is 29.5 Å². The quantitative estimate of drug-likeness (QED) is 0.609. The molecule has 1 saturated heterocycles. The van der Waals surface area contributed by atoms with Gasteiger partial charge in [0.15, 0.2) is 0 Å². The Morgan fingerprint density at radius 1 is 1.07 bits per heavy atom. The molecule has 5 rings (SSSR count). The fourth-order valence-electron chi connectivity index (χ4n) is 4.40. The lowest BCUT2D eigenvalue weighted by Gasteiger charge is -2.37. The number of halogens is 2. The molecule has 0 radical (unpaired) electrons. The second kappa shape index (κ2) is 7.37. The van der Waals surface area contributed by atoms with Gasteiger partial charge in [0.1, 0.15) is 5.60 Å². The van der Waals surface area contributed by atoms with Crippen molar-refractivity contribution in [3.05, 3.63) is 69.2 Å². The van der Waals surface area contributed by atoms with Crippen molar-refractivity contribution >= 4 is 28.9 Å². The molecule has 0 aromatic heterocycles. The Balaban J connectivity index is 1.22. The molecule has 1 aliphatic carbocycles. The first-order chi connectivity index (χ1) is 13.6. The van der Waals surface area contributed by atoms with Gasteiger partial charge in [-0.3, -0.25) is 4.90 Å². The first-order valence-corrected chi connectivity index (χ1v) is 10.9. The maximum absolute atomic E-state index is 6.41. The molecular formula is C23H24Cl2N2O. The van der Waals surface area contributed by atoms with E-state index in [1.54, 1.807) is 0 Å². The maximum atomic E-state index is 6.41. The van der Waals surface area contributed by atoms with Crippen molar-refractivity contribution < 1.29 is 4.84 Å². The summed E-state index contributed by atoms with van der Waals surface area (Å²) in [5.41, 5.74) is 4.62. The van der Waals surface area contributed by atoms with Crippen LogP contribution in [0.4, 0.5) is 0 Å². The van der Waals surface area contributed by atoms with Crippen LogP contribution in [0.25, 0.3) is 0 Å². The molecule has 2 fully saturated rings. The number of piperidine rings is 1. The lowest BCUT2D eigenvalue weighted by atomic mass is 9.85. The van der Waals surface area contributed by atoms with Crippen LogP contribution in [-0.2, 0) is 11.4 Å². The zero-order chi connectivity index (χ0) is 19.1. The van der Waals surface area contributed by atoms with Crippen LogP contribution in [0.15, 0.2) is 47.6 Å². The van der Waals surface area contributed by atoms with Gasteiger partial charge in [-0.25, -0.2) is 0 Å². The third-order valence-electron chi connectivity index (χ3n) is 6.25. The molecule has 2 aromatic rings. The Morgan fingerprint density at radius 2 is 1.82 bits per heavy atom. The Labute approximate surface area is 176 Å². The van der Waals surface area contributed by atoms with Gasteiger partial charge >= 0.3 is 0 Å². The molecule has 2 aromatic carbocycles. The molecule has 0 atom stereocenters. The van der Waals surface area contributed by atoms with Crippen molar-refractivity contribution in [3.63, 3.8) is 0 Å². The number of rotatable bonds is 4. The fourth-order valence-corrected chi connectivity index (χ4v) is 4.92. The fraction of sp³-hybridized carbons (Fsp3) is 0.435. The molecule has 3 nitrogen and oxygen atoms in total. The molecule has 0 amide bonds. The average Bonchev–Trinajstić information content (AvgIpc) is 3.48. The van der Waals surface area contributed by atoms with E-state index < -0.39 is 0 Å². The topological polar surface area (TPSA) is 24.8 Å². The van der Waals surface area contributed by atoms with Gasteiger partial charge in [0.25, 0.3) is 0 Å². The van der Waals surface area contributed by atoms with E-state index in [0.29, 0.717) is 10.9 Å². The predicted octanol–water partition coefficient (Wildman–Crippen LogP) is 6.03. The summed E-state index contributed by atoms with van der Waals surface area (Å²) in [7, 11) is 0. The molecule has 2 heterocycles. The van der Waals surface area contributed by atoms with Crippen molar-refractivity contribution in [2.75, 3.05) is 13.1 Å². The summed E-state index contributed by atoms with van der Waals surface area (Å²) in [4.78, 5) is 8.45. The van der Waals surface area contributed by atoms with E-state index in [-0.39, 0.29) is 5.60 Å². The van der Waals surface area contributed by atoms with Crippen LogP contribution < -0.4 is 0 Å². The van der Waals surface area contributed by atoms with Crippen LogP contribution in [0.3, 0.4) is 0 Å². The van der Waals surface area contributed by atoms with Crippen molar-refractivity contribution in [1.82, 2.24) is 4.90 Å². The SMILES string of the molecule is Clc1cc(CN2CCC3(CC2)CC(c2ccccc2)=NO3)cc(C2CC2)c1Cl. The zero-order valence-electron chi connectivity index (χ0n) is 15.8. The number of benzene rings is 2. The molecule has 1 spiro atoms. The Bertz CT molecular complexity index is 900. The van der Waals surface area contributed by atoms with Crippen LogP contribution in [0.5, 0.6) is 0 Å². The second-order valence-corrected chi connectivity index (χ2v) is 9.17. The standard InChI is InChI=1S/C23H24Cl2N2O/c24-20-13-16(12-19(22(20)25)17-6-7-17)15-27-10-8-23(9-11-27)14-21(26-28-23)18-4-2-1-3-5-18/h1-5,12-13,17H,6-11,14-15H2. The largest absolute Gasteiger partial charge is 0.388 e. The molecule has 1 saturated carbocycles. The van der Waals surface area contributed by atoms with Crippen LogP contribution in [0.2, 0.25) is 10.0 Å². The summed E-state index contributed by atoms with van der Waals surface area (Å²) in [5, 5.41) is 5.85. The van der Waals surface area contributed by atoms with E-state index >= 15 is 0 Å². The number of nitrogens with zero attached hydrogens (tertiary/aromatic N) is 2. The maximum Gasteiger partial charge on any atom is 0.145 e. The highest BCUT2D eigenvalue weighted by Gasteiger charge is 2.42. The molecule has 3 aliphatic rings. The minimum Gasteiger partial charge on any atom is -0.388 e. The van der Waals surface area contributed by atoms with E-state index in [9.17, 15) is 0 Å². The van der Waals surface area contributed by atoms with E-state index in [0.717, 1.165) is 49.6 Å². The van der Waals surface area contributed by atoms with E-state index in [2.05, 4.69) is 40.4 Å². The first-order valence-electron chi connectivity index (χ1n) is 10.1. The van der Waals surface area contributed by atoms with Gasteiger partial charge in [-0.15, -0.1) is 0 Å². The van der Waals surface area contributed by atoms with E-state index in [1.807, 2.05) is 12.1 Å².